The Morgan fingerprint density at radius 2 is 1.88 bits per heavy atom. The molecule has 128 valence electrons. The number of hydrazone groups is 1. The summed E-state index contributed by atoms with van der Waals surface area (Å²) in [6.45, 7) is 5.78. The second-order valence-corrected chi connectivity index (χ2v) is 6.84. The van der Waals surface area contributed by atoms with Crippen molar-refractivity contribution in [2.24, 2.45) is 10.1 Å². The summed E-state index contributed by atoms with van der Waals surface area (Å²) in [5, 5.41) is 16.2. The normalized spacial score (nSPS) is 15.6. The van der Waals surface area contributed by atoms with Crippen molar-refractivity contribution in [1.29, 1.82) is 0 Å². The SMILES string of the molecule is Cc1ccc(C2=NNC(=Nc3c(C)cccc3C)SC2)cc1[N+](=O)[O-]. The van der Waals surface area contributed by atoms with E-state index in [0.29, 0.717) is 11.3 Å². The Morgan fingerprint density at radius 3 is 2.48 bits per heavy atom. The first-order chi connectivity index (χ1) is 12.0. The number of nitrogens with one attached hydrogen (secondary N) is 1. The minimum absolute atomic E-state index is 0.111. The number of benzene rings is 2. The maximum absolute atomic E-state index is 11.1. The van der Waals surface area contributed by atoms with E-state index >= 15 is 0 Å². The lowest BCUT2D eigenvalue weighted by molar-refractivity contribution is -0.385. The number of rotatable bonds is 3. The number of hydrogen-bond donors (Lipinski definition) is 1. The Labute approximate surface area is 150 Å². The summed E-state index contributed by atoms with van der Waals surface area (Å²) in [7, 11) is 0. The highest BCUT2D eigenvalue weighted by Crippen LogP contribution is 2.26. The largest absolute Gasteiger partial charge is 0.272 e. The summed E-state index contributed by atoms with van der Waals surface area (Å²) in [5.74, 6) is 0.608. The Balaban J connectivity index is 1.85. The number of nitrogens with zero attached hydrogens (tertiary/aromatic N) is 3. The molecule has 0 saturated heterocycles. The number of para-hydroxylation sites is 1. The fourth-order valence-corrected chi connectivity index (χ4v) is 3.36. The van der Waals surface area contributed by atoms with Crippen molar-refractivity contribution in [1.82, 2.24) is 5.43 Å². The van der Waals surface area contributed by atoms with Crippen LogP contribution in [0.15, 0.2) is 46.5 Å². The van der Waals surface area contributed by atoms with Crippen LogP contribution in [0.4, 0.5) is 11.4 Å². The summed E-state index contributed by atoms with van der Waals surface area (Å²) >= 11 is 1.54. The molecule has 0 atom stereocenters. The minimum atomic E-state index is -0.364. The van der Waals surface area contributed by atoms with Crippen LogP contribution in [0.5, 0.6) is 0 Å². The molecule has 1 aliphatic heterocycles. The molecular formula is C18H18N4O2S. The Bertz CT molecular complexity index is 886. The first-order valence-electron chi connectivity index (χ1n) is 7.81. The molecule has 0 unspecified atom stereocenters. The average Bonchev–Trinajstić information content (AvgIpc) is 2.59. The van der Waals surface area contributed by atoms with Crippen LogP contribution in [0.1, 0.15) is 22.3 Å². The van der Waals surface area contributed by atoms with Gasteiger partial charge >= 0.3 is 0 Å². The van der Waals surface area contributed by atoms with E-state index in [-0.39, 0.29) is 10.6 Å². The third-order valence-electron chi connectivity index (χ3n) is 4.02. The molecule has 3 rings (SSSR count). The quantitative estimate of drug-likeness (QED) is 0.660. The van der Waals surface area contributed by atoms with Crippen LogP contribution in [0.2, 0.25) is 0 Å². The molecule has 0 radical (unpaired) electrons. The van der Waals surface area contributed by atoms with Gasteiger partial charge in [-0.1, -0.05) is 42.1 Å². The molecule has 0 aliphatic carbocycles. The highest BCUT2D eigenvalue weighted by Gasteiger charge is 2.18. The topological polar surface area (TPSA) is 79.9 Å². The van der Waals surface area contributed by atoms with Crippen molar-refractivity contribution in [3.8, 4) is 0 Å². The van der Waals surface area contributed by atoms with Crippen molar-refractivity contribution in [3.05, 3.63) is 68.8 Å². The Morgan fingerprint density at radius 1 is 1.16 bits per heavy atom. The molecule has 2 aromatic carbocycles. The van der Waals surface area contributed by atoms with Crippen LogP contribution in [-0.2, 0) is 0 Å². The predicted molar refractivity (Wildman–Crippen MR) is 103 cm³/mol. The van der Waals surface area contributed by atoms with Crippen molar-refractivity contribution < 1.29 is 4.92 Å². The van der Waals surface area contributed by atoms with Crippen molar-refractivity contribution >= 4 is 34.0 Å². The van der Waals surface area contributed by atoms with Crippen LogP contribution >= 0.6 is 11.8 Å². The number of hydrogen-bond acceptors (Lipinski definition) is 5. The number of thioether (sulfide) groups is 1. The lowest BCUT2D eigenvalue weighted by atomic mass is 10.1. The molecule has 0 saturated carbocycles. The number of nitro groups is 1. The Hall–Kier alpha value is -2.67. The van der Waals surface area contributed by atoms with Crippen molar-refractivity contribution in [2.45, 2.75) is 20.8 Å². The lowest BCUT2D eigenvalue weighted by Crippen LogP contribution is -2.25. The van der Waals surface area contributed by atoms with Gasteiger partial charge in [0.15, 0.2) is 5.17 Å². The van der Waals surface area contributed by atoms with E-state index in [1.54, 1.807) is 19.1 Å². The van der Waals surface area contributed by atoms with Gasteiger partial charge in [-0.05, 0) is 31.9 Å². The maximum Gasteiger partial charge on any atom is 0.272 e. The van der Waals surface area contributed by atoms with E-state index in [0.717, 1.165) is 33.3 Å². The van der Waals surface area contributed by atoms with Gasteiger partial charge in [-0.3, -0.25) is 15.5 Å². The molecule has 7 heteroatoms. The second kappa shape index (κ2) is 7.06. The lowest BCUT2D eigenvalue weighted by Gasteiger charge is -2.16. The fraction of sp³-hybridized carbons (Fsp3) is 0.222. The van der Waals surface area contributed by atoms with Crippen LogP contribution in [0, 0.1) is 30.9 Å². The zero-order chi connectivity index (χ0) is 18.0. The summed E-state index contributed by atoms with van der Waals surface area (Å²) in [4.78, 5) is 15.4. The summed E-state index contributed by atoms with van der Waals surface area (Å²) in [6, 6.07) is 11.2. The van der Waals surface area contributed by atoms with Gasteiger partial charge in [0.05, 0.1) is 16.3 Å². The highest BCUT2D eigenvalue weighted by atomic mass is 32.2. The van der Waals surface area contributed by atoms with Crippen LogP contribution < -0.4 is 5.43 Å². The molecule has 0 bridgehead atoms. The van der Waals surface area contributed by atoms with E-state index in [9.17, 15) is 10.1 Å². The smallest absolute Gasteiger partial charge is 0.258 e. The molecule has 0 spiro atoms. The molecule has 0 amide bonds. The van der Waals surface area contributed by atoms with Crippen LogP contribution in [0.25, 0.3) is 0 Å². The molecule has 1 aliphatic rings. The van der Waals surface area contributed by atoms with Crippen LogP contribution in [0.3, 0.4) is 0 Å². The maximum atomic E-state index is 11.1. The molecule has 0 fully saturated rings. The third kappa shape index (κ3) is 3.71. The number of aliphatic imine (C=N–C) groups is 1. The third-order valence-corrected chi connectivity index (χ3v) is 4.90. The van der Waals surface area contributed by atoms with Gasteiger partial charge in [-0.2, -0.15) is 5.10 Å². The van der Waals surface area contributed by atoms with Crippen molar-refractivity contribution in [2.75, 3.05) is 5.75 Å². The van der Waals surface area contributed by atoms with Crippen molar-refractivity contribution in [3.63, 3.8) is 0 Å². The Kier molecular flexibility index (Phi) is 4.85. The summed E-state index contributed by atoms with van der Waals surface area (Å²) in [6.07, 6.45) is 0. The first kappa shape index (κ1) is 17.2. The van der Waals surface area contributed by atoms with E-state index in [1.807, 2.05) is 38.1 Å². The summed E-state index contributed by atoms with van der Waals surface area (Å²) in [5.41, 5.74) is 8.41. The van der Waals surface area contributed by atoms with E-state index in [2.05, 4.69) is 15.5 Å². The van der Waals surface area contributed by atoms with Gasteiger partial charge < -0.3 is 0 Å². The van der Waals surface area contributed by atoms with Gasteiger partial charge in [0.25, 0.3) is 5.69 Å². The van der Waals surface area contributed by atoms with Gasteiger partial charge in [-0.15, -0.1) is 0 Å². The van der Waals surface area contributed by atoms with Crippen LogP contribution in [-0.4, -0.2) is 21.6 Å². The molecule has 2 aromatic rings. The highest BCUT2D eigenvalue weighted by molar-refractivity contribution is 8.14. The zero-order valence-corrected chi connectivity index (χ0v) is 15.1. The first-order valence-corrected chi connectivity index (χ1v) is 8.80. The molecule has 25 heavy (non-hydrogen) atoms. The minimum Gasteiger partial charge on any atom is -0.258 e. The fourth-order valence-electron chi connectivity index (χ4n) is 2.59. The zero-order valence-electron chi connectivity index (χ0n) is 14.2. The predicted octanol–water partition coefficient (Wildman–Crippen LogP) is 4.25. The molecule has 6 nitrogen and oxygen atoms in total. The molecule has 1 N–H and O–H groups in total. The van der Waals surface area contributed by atoms with Gasteiger partial charge in [0.1, 0.15) is 0 Å². The average molecular weight is 354 g/mol. The van der Waals surface area contributed by atoms with E-state index in [4.69, 9.17) is 0 Å². The number of amidine groups is 1. The second-order valence-electron chi connectivity index (χ2n) is 5.87. The number of aryl methyl sites for hydroxylation is 3. The van der Waals surface area contributed by atoms with Gasteiger partial charge in [-0.25, -0.2) is 4.99 Å². The van der Waals surface area contributed by atoms with Gasteiger partial charge in [0, 0.05) is 22.9 Å². The van der Waals surface area contributed by atoms with E-state index < -0.39 is 0 Å². The molecule has 0 aromatic heterocycles. The number of nitro benzene ring substituents is 1. The van der Waals surface area contributed by atoms with Gasteiger partial charge in [0.2, 0.25) is 0 Å². The summed E-state index contributed by atoms with van der Waals surface area (Å²) < 4.78 is 0. The van der Waals surface area contributed by atoms with E-state index in [1.165, 1.54) is 11.8 Å². The molecular weight excluding hydrogens is 336 g/mol. The standard InChI is InChI=1S/C18H18N4O2S/c1-11-7-8-14(9-16(11)22(23)24)15-10-25-18(21-20-15)19-17-12(2)5-4-6-13(17)3/h4-9H,10H2,1-3H3,(H,19,21). The molecule has 1 heterocycles. The monoisotopic (exact) mass is 354 g/mol.